The molecule has 1 aromatic carbocycles. The second-order valence-electron chi connectivity index (χ2n) is 4.40. The van der Waals surface area contributed by atoms with Crippen LogP contribution in [-0.4, -0.2) is 48.4 Å². The monoisotopic (exact) mass is 302 g/mol. The van der Waals surface area contributed by atoms with Crippen LogP contribution in [0, 0.1) is 11.6 Å². The van der Waals surface area contributed by atoms with Gasteiger partial charge in [-0.05, 0) is 26.0 Å². The number of hydrogen-bond donors (Lipinski definition) is 2. The van der Waals surface area contributed by atoms with Crippen LogP contribution in [0.2, 0.25) is 0 Å². The third-order valence-corrected chi connectivity index (χ3v) is 2.87. The minimum Gasteiger partial charge on any atom is -0.491 e. The summed E-state index contributed by atoms with van der Waals surface area (Å²) in [6, 6.07) is 2.84. The number of hydrogen-bond acceptors (Lipinski definition) is 3. The molecule has 0 aromatic heterocycles. The van der Waals surface area contributed by atoms with Gasteiger partial charge in [0.1, 0.15) is 18.5 Å². The van der Waals surface area contributed by atoms with E-state index in [1.807, 2.05) is 13.8 Å². The van der Waals surface area contributed by atoms with Crippen molar-refractivity contribution in [1.82, 2.24) is 10.2 Å². The summed E-state index contributed by atoms with van der Waals surface area (Å²) in [6.07, 6.45) is -0.947. The summed E-state index contributed by atoms with van der Waals surface area (Å²) in [5, 5.41) is 12.2. The van der Waals surface area contributed by atoms with Crippen LogP contribution in [0.15, 0.2) is 18.2 Å². The summed E-state index contributed by atoms with van der Waals surface area (Å²) in [5.41, 5.74) is 0. The van der Waals surface area contributed by atoms with Crippen molar-refractivity contribution < 1.29 is 23.4 Å². The van der Waals surface area contributed by atoms with Gasteiger partial charge in [-0.2, -0.15) is 0 Å². The average molecular weight is 302 g/mol. The van der Waals surface area contributed by atoms with E-state index >= 15 is 0 Å². The molecule has 0 aliphatic heterocycles. The van der Waals surface area contributed by atoms with Crippen molar-refractivity contribution >= 4 is 6.03 Å². The highest BCUT2D eigenvalue weighted by atomic mass is 19.2. The number of benzene rings is 1. The predicted molar refractivity (Wildman–Crippen MR) is 74.2 cm³/mol. The lowest BCUT2D eigenvalue weighted by Crippen LogP contribution is -2.43. The molecule has 1 aromatic rings. The predicted octanol–water partition coefficient (Wildman–Crippen LogP) is 1.76. The van der Waals surface area contributed by atoms with Gasteiger partial charge in [0, 0.05) is 25.7 Å². The van der Waals surface area contributed by atoms with Gasteiger partial charge in [0.25, 0.3) is 0 Å². The molecule has 0 fully saturated rings. The molecule has 0 spiro atoms. The number of nitrogens with one attached hydrogen (secondary N) is 1. The third-order valence-electron chi connectivity index (χ3n) is 2.87. The zero-order chi connectivity index (χ0) is 15.8. The van der Waals surface area contributed by atoms with Gasteiger partial charge in [-0.3, -0.25) is 0 Å². The maximum Gasteiger partial charge on any atom is 0.317 e. The molecular formula is C14H20F2N2O3. The Balaban J connectivity index is 2.35. The Hall–Kier alpha value is -1.89. The van der Waals surface area contributed by atoms with E-state index < -0.39 is 17.7 Å². The SMILES string of the molecule is CCN(CC)C(=O)NCC(O)COc1ccc(F)c(F)c1. The summed E-state index contributed by atoms with van der Waals surface area (Å²) in [4.78, 5) is 13.2. The quantitative estimate of drug-likeness (QED) is 0.807. The highest BCUT2D eigenvalue weighted by Crippen LogP contribution is 2.15. The topological polar surface area (TPSA) is 61.8 Å². The Labute approximate surface area is 122 Å². The number of carbonyl (C=O) groups is 1. The number of nitrogens with zero attached hydrogens (tertiary/aromatic N) is 1. The van der Waals surface area contributed by atoms with Crippen LogP contribution in [0.25, 0.3) is 0 Å². The van der Waals surface area contributed by atoms with Crippen LogP contribution < -0.4 is 10.1 Å². The molecule has 0 saturated carbocycles. The number of urea groups is 1. The van der Waals surface area contributed by atoms with E-state index in [1.54, 1.807) is 4.90 Å². The molecule has 0 heterocycles. The van der Waals surface area contributed by atoms with Crippen LogP contribution >= 0.6 is 0 Å². The Kier molecular flexibility index (Phi) is 6.87. The number of aliphatic hydroxyl groups is 1. The molecule has 1 unspecified atom stereocenters. The van der Waals surface area contributed by atoms with E-state index in [0.29, 0.717) is 13.1 Å². The van der Waals surface area contributed by atoms with Gasteiger partial charge in [-0.15, -0.1) is 0 Å². The molecule has 0 bridgehead atoms. The summed E-state index contributed by atoms with van der Waals surface area (Å²) in [6.45, 7) is 4.73. The molecule has 0 radical (unpaired) electrons. The van der Waals surface area contributed by atoms with E-state index in [4.69, 9.17) is 4.74 Å². The van der Waals surface area contributed by atoms with Gasteiger partial charge < -0.3 is 20.1 Å². The lowest BCUT2D eigenvalue weighted by molar-refractivity contribution is 0.105. The molecule has 118 valence electrons. The van der Waals surface area contributed by atoms with Crippen LogP contribution in [0.4, 0.5) is 13.6 Å². The highest BCUT2D eigenvalue weighted by molar-refractivity contribution is 5.74. The van der Waals surface area contributed by atoms with Crippen LogP contribution in [0.1, 0.15) is 13.8 Å². The molecular weight excluding hydrogens is 282 g/mol. The van der Waals surface area contributed by atoms with Crippen molar-refractivity contribution in [3.63, 3.8) is 0 Å². The van der Waals surface area contributed by atoms with Gasteiger partial charge in [-0.25, -0.2) is 13.6 Å². The minimum atomic E-state index is -1.02. The average Bonchev–Trinajstić information content (AvgIpc) is 2.47. The van der Waals surface area contributed by atoms with Crippen molar-refractivity contribution in [2.45, 2.75) is 20.0 Å². The number of ether oxygens (including phenoxy) is 1. The first-order chi connectivity index (χ1) is 9.97. The fourth-order valence-electron chi connectivity index (χ4n) is 1.65. The zero-order valence-electron chi connectivity index (χ0n) is 12.1. The molecule has 0 aliphatic rings. The first kappa shape index (κ1) is 17.2. The van der Waals surface area contributed by atoms with E-state index in [-0.39, 0.29) is 24.9 Å². The summed E-state index contributed by atoms with van der Waals surface area (Å²) in [5.74, 6) is -1.87. The van der Waals surface area contributed by atoms with Crippen molar-refractivity contribution in [3.05, 3.63) is 29.8 Å². The fourth-order valence-corrected chi connectivity index (χ4v) is 1.65. The summed E-state index contributed by atoms with van der Waals surface area (Å²) in [7, 11) is 0. The van der Waals surface area contributed by atoms with Crippen LogP contribution in [0.3, 0.4) is 0 Å². The number of carbonyl (C=O) groups excluding carboxylic acids is 1. The largest absolute Gasteiger partial charge is 0.491 e. The molecule has 21 heavy (non-hydrogen) atoms. The third kappa shape index (κ3) is 5.55. The number of aliphatic hydroxyl groups excluding tert-OH is 1. The van der Waals surface area contributed by atoms with Gasteiger partial charge in [0.2, 0.25) is 0 Å². The lowest BCUT2D eigenvalue weighted by Gasteiger charge is -2.20. The molecule has 0 aliphatic carbocycles. The molecule has 0 saturated heterocycles. The van der Waals surface area contributed by atoms with Gasteiger partial charge in [0.15, 0.2) is 11.6 Å². The maximum absolute atomic E-state index is 12.9. The Morgan fingerprint density at radius 1 is 1.33 bits per heavy atom. The molecule has 1 atom stereocenters. The highest BCUT2D eigenvalue weighted by Gasteiger charge is 2.12. The summed E-state index contributed by atoms with van der Waals surface area (Å²) < 4.78 is 30.8. The standard InChI is InChI=1S/C14H20F2N2O3/c1-3-18(4-2)14(20)17-8-10(19)9-21-11-5-6-12(15)13(16)7-11/h5-7,10,19H,3-4,8-9H2,1-2H3,(H,17,20). The van der Waals surface area contributed by atoms with E-state index in [9.17, 15) is 18.7 Å². The van der Waals surface area contributed by atoms with E-state index in [2.05, 4.69) is 5.32 Å². The fraction of sp³-hybridized carbons (Fsp3) is 0.500. The smallest absolute Gasteiger partial charge is 0.317 e. The van der Waals surface area contributed by atoms with Gasteiger partial charge in [-0.1, -0.05) is 0 Å². The van der Waals surface area contributed by atoms with Crippen LogP contribution in [0.5, 0.6) is 5.75 Å². The maximum atomic E-state index is 12.9. The van der Waals surface area contributed by atoms with Gasteiger partial charge in [0.05, 0.1) is 0 Å². The number of halogens is 2. The first-order valence-electron chi connectivity index (χ1n) is 6.76. The number of rotatable bonds is 7. The molecule has 7 heteroatoms. The van der Waals surface area contributed by atoms with Crippen molar-refractivity contribution in [3.8, 4) is 5.75 Å². The van der Waals surface area contributed by atoms with E-state index in [1.165, 1.54) is 6.07 Å². The van der Waals surface area contributed by atoms with Crippen molar-refractivity contribution in [2.24, 2.45) is 0 Å². The van der Waals surface area contributed by atoms with Crippen molar-refractivity contribution in [1.29, 1.82) is 0 Å². The normalized spacial score (nSPS) is 11.9. The Morgan fingerprint density at radius 3 is 2.57 bits per heavy atom. The lowest BCUT2D eigenvalue weighted by atomic mass is 10.3. The molecule has 2 amide bonds. The second-order valence-corrected chi connectivity index (χ2v) is 4.40. The van der Waals surface area contributed by atoms with Crippen molar-refractivity contribution in [2.75, 3.05) is 26.2 Å². The zero-order valence-corrected chi connectivity index (χ0v) is 12.1. The Morgan fingerprint density at radius 2 is 2.00 bits per heavy atom. The second kappa shape index (κ2) is 8.41. The van der Waals surface area contributed by atoms with Crippen LogP contribution in [-0.2, 0) is 0 Å². The van der Waals surface area contributed by atoms with Gasteiger partial charge >= 0.3 is 6.03 Å². The van der Waals surface area contributed by atoms with E-state index in [0.717, 1.165) is 12.1 Å². The first-order valence-corrected chi connectivity index (χ1v) is 6.76. The summed E-state index contributed by atoms with van der Waals surface area (Å²) >= 11 is 0. The molecule has 5 nitrogen and oxygen atoms in total. The Bertz CT molecular complexity index is 468. The minimum absolute atomic E-state index is 0.0129. The molecule has 2 N–H and O–H groups in total. The molecule has 1 rings (SSSR count). The number of amides is 2.